The van der Waals surface area contributed by atoms with Crippen molar-refractivity contribution >= 4 is 53.3 Å². The Labute approximate surface area is 546 Å². The van der Waals surface area contributed by atoms with Crippen LogP contribution in [0.1, 0.15) is 44.2 Å². The van der Waals surface area contributed by atoms with Crippen molar-refractivity contribution < 1.29 is 133 Å². The molecule has 0 aromatic heterocycles. The van der Waals surface area contributed by atoms with E-state index in [1.54, 1.807) is 51.1 Å². The monoisotopic (exact) mass is 1370 g/mol. The van der Waals surface area contributed by atoms with E-state index in [0.29, 0.717) is 5.56 Å². The van der Waals surface area contributed by atoms with E-state index in [4.69, 9.17) is 39.9 Å². The number of carbonyl (C=O) groups excluding carboxylic acids is 7. The lowest BCUT2D eigenvalue weighted by Gasteiger charge is -2.46. The van der Waals surface area contributed by atoms with Crippen LogP contribution >= 0.6 is 0 Å². The lowest BCUT2D eigenvalue weighted by molar-refractivity contribution is -0.668. The summed E-state index contributed by atoms with van der Waals surface area (Å²) in [5.41, 5.74) is 12.8. The first-order valence-corrected chi connectivity index (χ1v) is 30.8. The molecule has 6 aliphatic heterocycles. The standard InChI is InChI=1S/C58H84N12O26/c1-21(2)13-33(75)94-47-39(78)30(19-72)92-56(45(47)84)95-46-31(20-73)93-55(44(83)41(46)80)91-25-11-9-23(10-12-25)14-26-49(86)68-35(37(76)27-15-62-57(59)66-27)52(89)69-36(38(77)29-16-63-58(60)70(29)53-42(81)40(79)43(82)54(90)96-53)51(88)65-28(18-71)48(85)61-17-32(74)67-34(50(87)64-26)22(3)24-7-5-4-6-8-24/h4-12,21-22,26-31,34-47,53-56,71-73,76-84,90H,13-20H2,1-3H3,(H11,59,60,61,62,63,64,65,66,67,68,69,74,85,86,87,88,89)/p+1/t22-,26+,27-,28-,29-,30+,31+,34-,35-,36+,37-,38-,39+,40+,41+,42-,43-,44-,45-,46+,47-,53-,54-,55-,56+/m0/s1. The molecular formula is C58H85N12O26+. The van der Waals surface area contributed by atoms with Crippen molar-refractivity contribution in [2.45, 2.75) is 186 Å². The molecule has 2 aromatic carbocycles. The Morgan fingerprint density at radius 1 is 0.625 bits per heavy atom. The highest BCUT2D eigenvalue weighted by Crippen LogP contribution is 2.33. The van der Waals surface area contributed by atoms with Crippen LogP contribution in [0.15, 0.2) is 59.6 Å². The summed E-state index contributed by atoms with van der Waals surface area (Å²) >= 11 is 0. The Hall–Kier alpha value is -7.61. The Morgan fingerprint density at radius 3 is 1.89 bits per heavy atom. The molecule has 0 spiro atoms. The number of aliphatic hydroxyl groups excluding tert-OH is 13. The molecule has 0 radical (unpaired) electrons. The number of benzene rings is 2. The predicted octanol–water partition coefficient (Wildman–Crippen LogP) is -12.8. The first kappa shape index (κ1) is 74.2. The van der Waals surface area contributed by atoms with Crippen molar-refractivity contribution in [2.24, 2.45) is 22.4 Å². The van der Waals surface area contributed by atoms with Gasteiger partial charge in [0.05, 0.1) is 39.0 Å². The van der Waals surface area contributed by atoms with E-state index in [1.807, 2.05) is 0 Å². The summed E-state index contributed by atoms with van der Waals surface area (Å²) < 4.78 is 34.7. The van der Waals surface area contributed by atoms with Crippen molar-refractivity contribution in [3.8, 4) is 5.75 Å². The fourth-order valence-corrected chi connectivity index (χ4v) is 11.7. The summed E-state index contributed by atoms with van der Waals surface area (Å²) in [7, 11) is 0. The minimum atomic E-state index is -2.35. The maximum atomic E-state index is 15.1. The van der Waals surface area contributed by atoms with Gasteiger partial charge in [-0.3, -0.25) is 49.6 Å². The summed E-state index contributed by atoms with van der Waals surface area (Å²) in [5.74, 6) is -9.94. The average molecular weight is 1370 g/mol. The topological polar surface area (TPSA) is 602 Å². The highest BCUT2D eigenvalue weighted by Gasteiger charge is 2.55. The van der Waals surface area contributed by atoms with Crippen LogP contribution in [0.4, 0.5) is 0 Å². The zero-order valence-electron chi connectivity index (χ0n) is 52.0. The number of aliphatic hydroxyl groups is 13. The number of nitrogens with two attached hydrogens (primary N) is 2. The van der Waals surface area contributed by atoms with E-state index < -0.39 is 239 Å². The lowest BCUT2D eigenvalue weighted by Crippen LogP contribution is -2.68. The Bertz CT molecular complexity index is 3100. The van der Waals surface area contributed by atoms with Crippen molar-refractivity contribution in [3.05, 3.63) is 65.7 Å². The quantitative estimate of drug-likeness (QED) is 0.0459. The van der Waals surface area contributed by atoms with Gasteiger partial charge in [0.1, 0.15) is 122 Å². The van der Waals surface area contributed by atoms with Gasteiger partial charge in [-0.2, -0.15) is 0 Å². The number of aliphatic imine (C=N–C) groups is 1. The fraction of sp³-hybridized carbons (Fsp3) is 0.638. The molecule has 25 atom stereocenters. The summed E-state index contributed by atoms with van der Waals surface area (Å²) in [6.45, 7) is 0.415. The van der Waals surface area contributed by atoms with E-state index in [0.717, 1.165) is 4.58 Å². The number of rotatable bonds is 19. The van der Waals surface area contributed by atoms with Gasteiger partial charge in [-0.15, -0.1) is 0 Å². The highest BCUT2D eigenvalue weighted by molar-refractivity contribution is 5.98. The largest absolute Gasteiger partial charge is 0.462 e. The van der Waals surface area contributed by atoms with Gasteiger partial charge in [0.25, 0.3) is 0 Å². The van der Waals surface area contributed by atoms with Gasteiger partial charge in [0, 0.05) is 18.8 Å². The number of hydrogen-bond acceptors (Lipinski definition) is 31. The van der Waals surface area contributed by atoms with Crippen molar-refractivity contribution in [3.63, 3.8) is 0 Å². The molecule has 8 rings (SSSR count). The number of ether oxygens (including phenoxy) is 6. The molecule has 0 saturated carbocycles. The number of hydrogen-bond donors (Lipinski definition) is 23. The van der Waals surface area contributed by atoms with Crippen LogP contribution in [-0.4, -0.2) is 310 Å². The molecule has 0 bridgehead atoms. The molecule has 25 N–H and O–H groups in total. The average Bonchev–Trinajstić information content (AvgIpc) is 1.47. The summed E-state index contributed by atoms with van der Waals surface area (Å²) in [6.07, 6.45) is -32.9. The molecule has 96 heavy (non-hydrogen) atoms. The van der Waals surface area contributed by atoms with Gasteiger partial charge < -0.3 is 138 Å². The molecule has 38 heteroatoms. The third-order valence-electron chi connectivity index (χ3n) is 17.1. The normalized spacial score (nSPS) is 36.2. The number of carbonyl (C=O) groups is 7. The molecule has 2 aromatic rings. The van der Waals surface area contributed by atoms with Gasteiger partial charge in [0.2, 0.25) is 48.0 Å². The maximum absolute atomic E-state index is 15.1. The van der Waals surface area contributed by atoms with Crippen molar-refractivity contribution in [1.29, 1.82) is 0 Å². The minimum Gasteiger partial charge on any atom is -0.462 e. The number of amides is 6. The second-order valence-electron chi connectivity index (χ2n) is 24.4. The molecule has 6 aliphatic rings. The van der Waals surface area contributed by atoms with E-state index >= 15 is 9.59 Å². The first-order chi connectivity index (χ1) is 45.5. The van der Waals surface area contributed by atoms with Crippen LogP contribution in [0, 0.1) is 5.92 Å². The number of guanidine groups is 2. The van der Waals surface area contributed by atoms with Gasteiger partial charge >= 0.3 is 11.9 Å². The SMILES string of the molecule is CC(C)CC(=O)O[C@@H]1[C@H](O)[C@@H](O[C@H]2[C@H](O)[C@H](O)[C@@H](Oc3ccc(C[C@H]4NC(=O)[C@H]([C@@H](C)c5ccccc5)NC(=O)CNC(=O)[C@H](CO)NC(=O)[C@@H]([C@@H](O)[C@@H]5CNC(N)=[N+]5[C@H]5O[C@H](O)[C@@H](O)[C@H](O)[C@@H]5O)NC(=O)[C@H]([C@@H](O)[C@@H]5CN=C(N)N5)NC4=O)cc3)O[C@@H]2CO)O[C@H](CO)[C@H]1O. The van der Waals surface area contributed by atoms with Crippen LogP contribution in [0.5, 0.6) is 5.75 Å². The van der Waals surface area contributed by atoms with Crippen molar-refractivity contribution in [1.82, 2.24) is 42.5 Å². The minimum absolute atomic E-state index is 0.0855. The number of nitrogens with one attached hydrogen (secondary N) is 8. The number of nitrogens with zero attached hydrogens (tertiary/aromatic N) is 2. The van der Waals surface area contributed by atoms with Crippen LogP contribution in [-0.2, 0) is 63.7 Å². The second kappa shape index (κ2) is 32.6. The molecule has 4 saturated heterocycles. The molecular weight excluding hydrogens is 1280 g/mol. The molecule has 4 fully saturated rings. The molecule has 6 heterocycles. The van der Waals surface area contributed by atoms with E-state index in [9.17, 15) is 90.4 Å². The van der Waals surface area contributed by atoms with Gasteiger partial charge in [-0.05, 0) is 29.2 Å². The Morgan fingerprint density at radius 2 is 1.25 bits per heavy atom. The highest BCUT2D eigenvalue weighted by atomic mass is 16.7. The molecule has 0 unspecified atom stereocenters. The summed E-state index contributed by atoms with van der Waals surface area (Å²) in [6, 6.07) is 0.777. The summed E-state index contributed by atoms with van der Waals surface area (Å²) in [4.78, 5) is 104. The third kappa shape index (κ3) is 17.2. The van der Waals surface area contributed by atoms with Gasteiger partial charge in [0.15, 0.2) is 24.6 Å². The van der Waals surface area contributed by atoms with E-state index in [-0.39, 0.29) is 36.2 Å². The zero-order chi connectivity index (χ0) is 70.1. The van der Waals surface area contributed by atoms with Crippen LogP contribution < -0.4 is 58.7 Å². The smallest absolute Gasteiger partial charge is 0.346 e. The molecule has 6 amide bonds. The van der Waals surface area contributed by atoms with Crippen molar-refractivity contribution in [2.75, 3.05) is 39.5 Å². The predicted molar refractivity (Wildman–Crippen MR) is 321 cm³/mol. The summed E-state index contributed by atoms with van der Waals surface area (Å²) in [5, 5.41) is 162. The molecule has 0 aliphatic carbocycles. The van der Waals surface area contributed by atoms with Gasteiger partial charge in [-0.25, -0.2) is 4.58 Å². The molecule has 38 nitrogen and oxygen atoms in total. The Balaban J connectivity index is 1.09. The molecule has 532 valence electrons. The maximum Gasteiger partial charge on any atom is 0.346 e. The van der Waals surface area contributed by atoms with Gasteiger partial charge in [-0.1, -0.05) is 63.2 Å². The first-order valence-electron chi connectivity index (χ1n) is 30.8. The number of esters is 1. The lowest BCUT2D eigenvalue weighted by atomic mass is 9.92. The second-order valence-corrected chi connectivity index (χ2v) is 24.4. The van der Waals surface area contributed by atoms with Crippen LogP contribution in [0.3, 0.4) is 0 Å². The Kier molecular flexibility index (Phi) is 25.2. The van der Waals surface area contributed by atoms with Crippen LogP contribution in [0.2, 0.25) is 0 Å². The fourth-order valence-electron chi connectivity index (χ4n) is 11.7. The van der Waals surface area contributed by atoms with Crippen LogP contribution in [0.25, 0.3) is 0 Å². The zero-order valence-corrected chi connectivity index (χ0v) is 52.0. The third-order valence-corrected chi connectivity index (χ3v) is 17.1. The van der Waals surface area contributed by atoms with E-state index in [2.05, 4.69) is 47.5 Å². The van der Waals surface area contributed by atoms with E-state index in [1.165, 1.54) is 24.3 Å².